The molecular formula is C20H25ClFN7O. The third-order valence-electron chi connectivity index (χ3n) is 6.09. The number of nitrogens with one attached hydrogen (secondary N) is 2. The first kappa shape index (κ1) is 19.6. The monoisotopic (exact) mass is 433 g/mol. The lowest BCUT2D eigenvalue weighted by molar-refractivity contribution is 0.0302. The van der Waals surface area contributed by atoms with Gasteiger partial charge in [0.05, 0.1) is 29.9 Å². The molecule has 8 nitrogen and oxygen atoms in total. The fraction of sp³-hybridized carbons (Fsp3) is 0.550. The van der Waals surface area contributed by atoms with E-state index in [4.69, 9.17) is 16.3 Å². The predicted molar refractivity (Wildman–Crippen MR) is 113 cm³/mol. The molecule has 3 aromatic heterocycles. The van der Waals surface area contributed by atoms with E-state index < -0.39 is 6.17 Å². The number of aromatic nitrogens is 5. The number of likely N-dealkylation sites (tertiary alicyclic amines) is 1. The van der Waals surface area contributed by atoms with Crippen molar-refractivity contribution in [3.63, 3.8) is 0 Å². The van der Waals surface area contributed by atoms with E-state index in [1.807, 2.05) is 13.0 Å². The summed E-state index contributed by atoms with van der Waals surface area (Å²) >= 11 is 6.57. The Morgan fingerprint density at radius 3 is 2.93 bits per heavy atom. The Morgan fingerprint density at radius 2 is 2.20 bits per heavy atom. The summed E-state index contributed by atoms with van der Waals surface area (Å²) in [5.74, 6) is 0.827. The van der Waals surface area contributed by atoms with Crippen molar-refractivity contribution in [2.45, 2.75) is 50.9 Å². The Labute approximate surface area is 178 Å². The number of hydrogen-bond donors (Lipinski definition) is 2. The number of anilines is 2. The van der Waals surface area contributed by atoms with Gasteiger partial charge >= 0.3 is 0 Å². The van der Waals surface area contributed by atoms with Crippen LogP contribution in [0.3, 0.4) is 0 Å². The SMILES string of the molecule is CCOc1nc(Nc2cnn(C3CCN(C4CCC4)CC3F)c2Cl)nc2[nH]ccc12. The molecule has 2 aliphatic rings. The second-order valence-corrected chi connectivity index (χ2v) is 8.25. The maximum Gasteiger partial charge on any atom is 0.232 e. The maximum atomic E-state index is 15.0. The minimum atomic E-state index is -0.999. The van der Waals surface area contributed by atoms with E-state index in [0.29, 0.717) is 53.9 Å². The molecule has 2 atom stereocenters. The van der Waals surface area contributed by atoms with Crippen molar-refractivity contribution in [1.29, 1.82) is 0 Å². The van der Waals surface area contributed by atoms with Crippen molar-refractivity contribution < 1.29 is 9.13 Å². The predicted octanol–water partition coefficient (Wildman–Crippen LogP) is 4.09. The zero-order valence-corrected chi connectivity index (χ0v) is 17.6. The largest absolute Gasteiger partial charge is 0.477 e. The number of piperidine rings is 1. The Kier molecular flexibility index (Phi) is 5.24. The molecular weight excluding hydrogens is 409 g/mol. The first-order valence-corrected chi connectivity index (χ1v) is 10.9. The summed E-state index contributed by atoms with van der Waals surface area (Å²) in [4.78, 5) is 14.2. The molecule has 1 aliphatic heterocycles. The molecule has 2 unspecified atom stereocenters. The quantitative estimate of drug-likeness (QED) is 0.609. The van der Waals surface area contributed by atoms with E-state index >= 15 is 0 Å². The van der Waals surface area contributed by atoms with Crippen LogP contribution in [0.25, 0.3) is 11.0 Å². The highest BCUT2D eigenvalue weighted by atomic mass is 35.5. The molecule has 0 amide bonds. The van der Waals surface area contributed by atoms with Gasteiger partial charge in [-0.15, -0.1) is 0 Å². The van der Waals surface area contributed by atoms with E-state index in [1.54, 1.807) is 17.1 Å². The number of alkyl halides is 1. The fourth-order valence-electron chi connectivity index (χ4n) is 4.27. The first-order valence-electron chi connectivity index (χ1n) is 10.5. The summed E-state index contributed by atoms with van der Waals surface area (Å²) in [6.45, 7) is 3.71. The van der Waals surface area contributed by atoms with Crippen molar-refractivity contribution in [3.8, 4) is 5.88 Å². The number of aromatic amines is 1. The average Bonchev–Trinajstić information content (AvgIpc) is 3.29. The smallest absolute Gasteiger partial charge is 0.232 e. The molecule has 1 saturated heterocycles. The molecule has 0 radical (unpaired) electrons. The minimum Gasteiger partial charge on any atom is -0.477 e. The third-order valence-corrected chi connectivity index (χ3v) is 6.46. The van der Waals surface area contributed by atoms with Gasteiger partial charge in [0.1, 0.15) is 11.8 Å². The molecule has 0 bridgehead atoms. The van der Waals surface area contributed by atoms with Crippen LogP contribution in [0.2, 0.25) is 5.15 Å². The average molecular weight is 434 g/mol. The number of fused-ring (bicyclic) bond motifs is 1. The van der Waals surface area contributed by atoms with Gasteiger partial charge in [-0.25, -0.2) is 9.07 Å². The van der Waals surface area contributed by atoms with Gasteiger partial charge in [0.2, 0.25) is 11.8 Å². The second-order valence-electron chi connectivity index (χ2n) is 7.90. The zero-order chi connectivity index (χ0) is 20.7. The Morgan fingerprint density at radius 1 is 1.33 bits per heavy atom. The number of ether oxygens (including phenoxy) is 1. The summed E-state index contributed by atoms with van der Waals surface area (Å²) in [6, 6.07) is 2.05. The van der Waals surface area contributed by atoms with Gasteiger partial charge in [0.25, 0.3) is 0 Å². The van der Waals surface area contributed by atoms with Gasteiger partial charge in [-0.05, 0) is 32.3 Å². The highest BCUT2D eigenvalue weighted by Gasteiger charge is 2.36. The molecule has 0 spiro atoms. The van der Waals surface area contributed by atoms with Gasteiger partial charge in [-0.3, -0.25) is 4.90 Å². The molecule has 3 aromatic rings. The molecule has 1 aliphatic carbocycles. The van der Waals surface area contributed by atoms with E-state index in [2.05, 4.69) is 30.3 Å². The summed E-state index contributed by atoms with van der Waals surface area (Å²) in [5, 5.41) is 8.63. The first-order chi connectivity index (χ1) is 14.6. The van der Waals surface area contributed by atoms with Crippen LogP contribution in [0.5, 0.6) is 5.88 Å². The normalized spacial score (nSPS) is 22.9. The van der Waals surface area contributed by atoms with Crippen LogP contribution in [0.15, 0.2) is 18.5 Å². The van der Waals surface area contributed by atoms with Crippen molar-refractivity contribution >= 4 is 34.3 Å². The lowest BCUT2D eigenvalue weighted by Gasteiger charge is -2.43. The van der Waals surface area contributed by atoms with E-state index in [9.17, 15) is 4.39 Å². The summed E-state index contributed by atoms with van der Waals surface area (Å²) in [5.41, 5.74) is 1.20. The summed E-state index contributed by atoms with van der Waals surface area (Å²) < 4.78 is 22.2. The molecule has 2 fully saturated rings. The molecule has 30 heavy (non-hydrogen) atoms. The number of halogens is 2. The van der Waals surface area contributed by atoms with Crippen molar-refractivity contribution in [1.82, 2.24) is 29.6 Å². The lowest BCUT2D eigenvalue weighted by atomic mass is 9.89. The standard InChI is InChI=1S/C20H25ClFN7O/c1-2-30-19-13-6-8-23-18(13)26-20(27-19)25-15-10-24-29(17(15)21)16-7-9-28(11-14(16)22)12-4-3-5-12/h6,8,10,12,14,16H,2-5,7,9,11H2,1H3,(H2,23,25,26,27). The molecule has 1 saturated carbocycles. The van der Waals surface area contributed by atoms with Gasteiger partial charge in [-0.1, -0.05) is 18.0 Å². The molecule has 0 aromatic carbocycles. The molecule has 10 heteroatoms. The Balaban J connectivity index is 1.34. The van der Waals surface area contributed by atoms with E-state index in [0.717, 1.165) is 11.9 Å². The minimum absolute atomic E-state index is 0.339. The lowest BCUT2D eigenvalue weighted by Crippen LogP contribution is -2.49. The van der Waals surface area contributed by atoms with Crippen molar-refractivity contribution in [2.24, 2.45) is 0 Å². The van der Waals surface area contributed by atoms with E-state index in [1.165, 1.54) is 19.3 Å². The zero-order valence-electron chi connectivity index (χ0n) is 16.8. The fourth-order valence-corrected chi connectivity index (χ4v) is 4.54. The van der Waals surface area contributed by atoms with Crippen LogP contribution < -0.4 is 10.1 Å². The molecule has 160 valence electrons. The Hall–Kier alpha value is -2.39. The van der Waals surface area contributed by atoms with Crippen LogP contribution in [-0.4, -0.2) is 61.5 Å². The number of H-pyrrole nitrogens is 1. The maximum absolute atomic E-state index is 15.0. The number of nitrogens with zero attached hydrogens (tertiary/aromatic N) is 5. The summed E-state index contributed by atoms with van der Waals surface area (Å²) in [6.07, 6.45) is 6.69. The topological polar surface area (TPSA) is 83.9 Å². The Bertz CT molecular complexity index is 1030. The van der Waals surface area contributed by atoms with E-state index in [-0.39, 0.29) is 6.04 Å². The van der Waals surface area contributed by atoms with Crippen LogP contribution in [0, 0.1) is 0 Å². The molecule has 2 N–H and O–H groups in total. The van der Waals surface area contributed by atoms with Crippen LogP contribution in [-0.2, 0) is 0 Å². The van der Waals surface area contributed by atoms with Crippen LogP contribution >= 0.6 is 11.6 Å². The van der Waals surface area contributed by atoms with Crippen molar-refractivity contribution in [2.75, 3.05) is 25.0 Å². The highest BCUT2D eigenvalue weighted by molar-refractivity contribution is 6.32. The second kappa shape index (κ2) is 8.03. The van der Waals surface area contributed by atoms with Crippen LogP contribution in [0.4, 0.5) is 16.0 Å². The molecule has 4 heterocycles. The van der Waals surface area contributed by atoms with Gasteiger partial charge < -0.3 is 15.0 Å². The number of hydrogen-bond acceptors (Lipinski definition) is 6. The molecule has 5 rings (SSSR count). The van der Waals surface area contributed by atoms with Gasteiger partial charge in [0, 0.05) is 25.3 Å². The highest BCUT2D eigenvalue weighted by Crippen LogP contribution is 2.35. The van der Waals surface area contributed by atoms with Gasteiger partial charge in [0.15, 0.2) is 5.15 Å². The summed E-state index contributed by atoms with van der Waals surface area (Å²) in [7, 11) is 0. The number of rotatable bonds is 6. The van der Waals surface area contributed by atoms with Crippen LogP contribution in [0.1, 0.15) is 38.6 Å². The van der Waals surface area contributed by atoms with Crippen molar-refractivity contribution in [3.05, 3.63) is 23.6 Å². The van der Waals surface area contributed by atoms with Gasteiger partial charge in [-0.2, -0.15) is 15.1 Å². The third kappa shape index (κ3) is 3.50.